The predicted molar refractivity (Wildman–Crippen MR) is 49.8 cm³/mol. The highest BCUT2D eigenvalue weighted by atomic mass is 16.6. The van der Waals surface area contributed by atoms with Gasteiger partial charge in [-0.15, -0.1) is 0 Å². The van der Waals surface area contributed by atoms with Crippen LogP contribution in [0.4, 0.5) is 0 Å². The molecule has 0 radical (unpaired) electrons. The zero-order chi connectivity index (χ0) is 8.81. The SMILES string of the molecule is CNCC1CCC(NOC)CC1. The molecule has 0 spiro atoms. The minimum atomic E-state index is 0.586. The third-order valence-corrected chi connectivity index (χ3v) is 2.62. The molecule has 0 aliphatic heterocycles. The van der Waals surface area contributed by atoms with E-state index in [2.05, 4.69) is 10.8 Å². The normalized spacial score (nSPS) is 30.5. The van der Waals surface area contributed by atoms with Crippen LogP contribution in [0, 0.1) is 5.92 Å². The average molecular weight is 172 g/mol. The van der Waals surface area contributed by atoms with Crippen LogP contribution < -0.4 is 10.8 Å². The number of nitrogens with one attached hydrogen (secondary N) is 2. The number of hydrogen-bond donors (Lipinski definition) is 2. The van der Waals surface area contributed by atoms with Crippen LogP contribution in [0.15, 0.2) is 0 Å². The van der Waals surface area contributed by atoms with Gasteiger partial charge in [0.25, 0.3) is 0 Å². The molecule has 0 aromatic heterocycles. The Morgan fingerprint density at radius 1 is 1.25 bits per heavy atom. The van der Waals surface area contributed by atoms with Crippen molar-refractivity contribution < 1.29 is 4.84 Å². The summed E-state index contributed by atoms with van der Waals surface area (Å²) in [6.07, 6.45) is 5.14. The molecule has 3 nitrogen and oxygen atoms in total. The lowest BCUT2D eigenvalue weighted by atomic mass is 9.86. The summed E-state index contributed by atoms with van der Waals surface area (Å²) in [5.41, 5.74) is 3.03. The van der Waals surface area contributed by atoms with E-state index in [1.807, 2.05) is 7.05 Å². The maximum Gasteiger partial charge on any atom is 0.0572 e. The maximum absolute atomic E-state index is 4.91. The summed E-state index contributed by atoms with van der Waals surface area (Å²) in [5, 5.41) is 3.23. The Bertz CT molecular complexity index is 97.1. The van der Waals surface area contributed by atoms with E-state index >= 15 is 0 Å². The Morgan fingerprint density at radius 2 is 1.92 bits per heavy atom. The van der Waals surface area contributed by atoms with Gasteiger partial charge in [-0.1, -0.05) is 0 Å². The van der Waals surface area contributed by atoms with Gasteiger partial charge in [0.15, 0.2) is 0 Å². The van der Waals surface area contributed by atoms with Crippen molar-refractivity contribution in [3.63, 3.8) is 0 Å². The number of rotatable bonds is 4. The lowest BCUT2D eigenvalue weighted by Gasteiger charge is -2.28. The van der Waals surface area contributed by atoms with Crippen molar-refractivity contribution in [3.05, 3.63) is 0 Å². The Morgan fingerprint density at radius 3 is 2.42 bits per heavy atom. The standard InChI is InChI=1S/C9H20N2O/c1-10-7-8-3-5-9(6-4-8)11-12-2/h8-11H,3-7H2,1-2H3. The lowest BCUT2D eigenvalue weighted by Crippen LogP contribution is -2.34. The number of hydroxylamine groups is 1. The maximum atomic E-state index is 4.91. The molecule has 1 aliphatic carbocycles. The molecule has 0 unspecified atom stereocenters. The van der Waals surface area contributed by atoms with Crippen LogP contribution in [0.5, 0.6) is 0 Å². The molecule has 0 atom stereocenters. The van der Waals surface area contributed by atoms with E-state index in [1.165, 1.54) is 32.2 Å². The zero-order valence-corrected chi connectivity index (χ0v) is 8.10. The molecular formula is C9H20N2O. The first kappa shape index (κ1) is 9.96. The lowest BCUT2D eigenvalue weighted by molar-refractivity contribution is 0.0434. The van der Waals surface area contributed by atoms with Gasteiger partial charge < -0.3 is 10.2 Å². The van der Waals surface area contributed by atoms with E-state index in [4.69, 9.17) is 4.84 Å². The van der Waals surface area contributed by atoms with Gasteiger partial charge in [0, 0.05) is 6.04 Å². The molecule has 1 aliphatic rings. The zero-order valence-electron chi connectivity index (χ0n) is 8.10. The molecule has 2 N–H and O–H groups in total. The summed E-state index contributed by atoms with van der Waals surface area (Å²) >= 11 is 0. The molecule has 1 saturated carbocycles. The van der Waals surface area contributed by atoms with Crippen LogP contribution >= 0.6 is 0 Å². The molecule has 1 fully saturated rings. The highest BCUT2D eigenvalue weighted by molar-refractivity contribution is 4.75. The van der Waals surface area contributed by atoms with Crippen LogP contribution in [0.25, 0.3) is 0 Å². The smallest absolute Gasteiger partial charge is 0.0572 e. The second kappa shape index (κ2) is 5.51. The first-order valence-corrected chi connectivity index (χ1v) is 4.80. The first-order chi connectivity index (χ1) is 5.86. The van der Waals surface area contributed by atoms with Crippen molar-refractivity contribution in [2.45, 2.75) is 31.7 Å². The monoisotopic (exact) mass is 172 g/mol. The predicted octanol–water partition coefficient (Wildman–Crippen LogP) is 0.916. The Labute approximate surface area is 74.8 Å². The van der Waals surface area contributed by atoms with Crippen molar-refractivity contribution in [2.75, 3.05) is 20.7 Å². The highest BCUT2D eigenvalue weighted by Gasteiger charge is 2.19. The first-order valence-electron chi connectivity index (χ1n) is 4.80. The van der Waals surface area contributed by atoms with E-state index in [0.29, 0.717) is 6.04 Å². The molecule has 0 bridgehead atoms. The highest BCUT2D eigenvalue weighted by Crippen LogP contribution is 2.23. The molecule has 1 rings (SSSR count). The third-order valence-electron chi connectivity index (χ3n) is 2.62. The molecule has 3 heteroatoms. The van der Waals surface area contributed by atoms with E-state index in [9.17, 15) is 0 Å². The van der Waals surface area contributed by atoms with Crippen LogP contribution in [-0.2, 0) is 4.84 Å². The third kappa shape index (κ3) is 3.09. The summed E-state index contributed by atoms with van der Waals surface area (Å²) in [6.45, 7) is 1.17. The quantitative estimate of drug-likeness (QED) is 0.619. The summed E-state index contributed by atoms with van der Waals surface area (Å²) in [7, 11) is 3.72. The molecule has 0 heterocycles. The van der Waals surface area contributed by atoms with Crippen molar-refractivity contribution in [1.82, 2.24) is 10.8 Å². The summed E-state index contributed by atoms with van der Waals surface area (Å²) in [4.78, 5) is 4.91. The van der Waals surface area contributed by atoms with Gasteiger partial charge in [-0.3, -0.25) is 0 Å². The Hall–Kier alpha value is -0.120. The molecule has 0 saturated heterocycles. The second-order valence-electron chi connectivity index (χ2n) is 3.60. The van der Waals surface area contributed by atoms with E-state index < -0.39 is 0 Å². The van der Waals surface area contributed by atoms with Gasteiger partial charge in [-0.25, -0.2) is 0 Å². The summed E-state index contributed by atoms with van der Waals surface area (Å²) in [6, 6.07) is 0.586. The van der Waals surface area contributed by atoms with Crippen LogP contribution in [0.1, 0.15) is 25.7 Å². The van der Waals surface area contributed by atoms with Gasteiger partial charge in [-0.2, -0.15) is 5.48 Å². The molecule has 0 aromatic carbocycles. The largest absolute Gasteiger partial charge is 0.319 e. The summed E-state index contributed by atoms with van der Waals surface area (Å²) in [5.74, 6) is 0.880. The van der Waals surface area contributed by atoms with E-state index in [-0.39, 0.29) is 0 Å². The van der Waals surface area contributed by atoms with Crippen LogP contribution in [-0.4, -0.2) is 26.7 Å². The van der Waals surface area contributed by atoms with E-state index in [0.717, 1.165) is 5.92 Å². The van der Waals surface area contributed by atoms with Crippen molar-refractivity contribution >= 4 is 0 Å². The van der Waals surface area contributed by atoms with Gasteiger partial charge in [-0.05, 0) is 45.2 Å². The van der Waals surface area contributed by atoms with Gasteiger partial charge >= 0.3 is 0 Å². The minimum absolute atomic E-state index is 0.586. The minimum Gasteiger partial charge on any atom is -0.319 e. The van der Waals surface area contributed by atoms with E-state index in [1.54, 1.807) is 7.11 Å². The fourth-order valence-corrected chi connectivity index (χ4v) is 1.94. The summed E-state index contributed by atoms with van der Waals surface area (Å²) < 4.78 is 0. The topological polar surface area (TPSA) is 33.3 Å². The van der Waals surface area contributed by atoms with Crippen molar-refractivity contribution in [3.8, 4) is 0 Å². The Kier molecular flexibility index (Phi) is 4.58. The van der Waals surface area contributed by atoms with Gasteiger partial charge in [0.05, 0.1) is 7.11 Å². The molecule has 72 valence electrons. The second-order valence-corrected chi connectivity index (χ2v) is 3.60. The average Bonchev–Trinajstić information content (AvgIpc) is 2.09. The van der Waals surface area contributed by atoms with Crippen molar-refractivity contribution in [2.24, 2.45) is 5.92 Å². The van der Waals surface area contributed by atoms with Gasteiger partial charge in [0.1, 0.15) is 0 Å². The molecule has 0 aromatic rings. The number of hydrogen-bond acceptors (Lipinski definition) is 3. The van der Waals surface area contributed by atoms with Crippen molar-refractivity contribution in [1.29, 1.82) is 0 Å². The molecular weight excluding hydrogens is 152 g/mol. The van der Waals surface area contributed by atoms with Gasteiger partial charge in [0.2, 0.25) is 0 Å². The van der Waals surface area contributed by atoms with Crippen LogP contribution in [0.2, 0.25) is 0 Å². The molecule has 0 amide bonds. The molecule has 12 heavy (non-hydrogen) atoms. The fourth-order valence-electron chi connectivity index (χ4n) is 1.94. The fraction of sp³-hybridized carbons (Fsp3) is 1.00. The van der Waals surface area contributed by atoms with Crippen LogP contribution in [0.3, 0.4) is 0 Å². The Balaban J connectivity index is 2.11.